The van der Waals surface area contributed by atoms with E-state index in [0.29, 0.717) is 17.1 Å². The minimum absolute atomic E-state index is 0.256. The summed E-state index contributed by atoms with van der Waals surface area (Å²) < 4.78 is 12.8. The first-order valence-electron chi connectivity index (χ1n) is 6.39. The van der Waals surface area contributed by atoms with Gasteiger partial charge in [-0.1, -0.05) is 23.7 Å². The molecule has 0 aliphatic heterocycles. The molecular formula is C15H13ClFN3OS. The predicted molar refractivity (Wildman–Crippen MR) is 87.9 cm³/mol. The Labute approximate surface area is 137 Å². The molecule has 0 atom stereocenters. The van der Waals surface area contributed by atoms with Crippen LogP contribution in [0, 0.1) is 5.82 Å². The fourth-order valence-corrected chi connectivity index (χ4v) is 1.86. The van der Waals surface area contributed by atoms with E-state index in [9.17, 15) is 9.18 Å². The summed E-state index contributed by atoms with van der Waals surface area (Å²) in [5, 5.41) is 3.71. The van der Waals surface area contributed by atoms with Crippen LogP contribution < -0.4 is 16.2 Å². The van der Waals surface area contributed by atoms with Crippen molar-refractivity contribution in [3.05, 3.63) is 70.5 Å². The Balaban J connectivity index is 1.76. The maximum atomic E-state index is 12.8. The molecule has 0 aromatic heterocycles. The highest BCUT2D eigenvalue weighted by Gasteiger charge is 2.05. The summed E-state index contributed by atoms with van der Waals surface area (Å²) in [7, 11) is 0. The van der Waals surface area contributed by atoms with Gasteiger partial charge in [0.1, 0.15) is 5.82 Å². The van der Waals surface area contributed by atoms with Crippen molar-refractivity contribution in [3.8, 4) is 0 Å². The topological polar surface area (TPSA) is 53.2 Å². The largest absolute Gasteiger partial charge is 0.357 e. The van der Waals surface area contributed by atoms with Gasteiger partial charge in [0, 0.05) is 17.1 Å². The van der Waals surface area contributed by atoms with Crippen LogP contribution in [0.4, 0.5) is 4.39 Å². The summed E-state index contributed by atoms with van der Waals surface area (Å²) in [5.41, 5.74) is 6.39. The van der Waals surface area contributed by atoms with Gasteiger partial charge in [-0.05, 0) is 54.2 Å². The van der Waals surface area contributed by atoms with Gasteiger partial charge in [0.15, 0.2) is 5.11 Å². The highest BCUT2D eigenvalue weighted by molar-refractivity contribution is 7.80. The third-order valence-corrected chi connectivity index (χ3v) is 3.26. The van der Waals surface area contributed by atoms with Crippen molar-refractivity contribution in [2.45, 2.75) is 6.54 Å². The molecule has 4 nitrogen and oxygen atoms in total. The smallest absolute Gasteiger partial charge is 0.269 e. The Morgan fingerprint density at radius 1 is 1.05 bits per heavy atom. The predicted octanol–water partition coefficient (Wildman–Crippen LogP) is 2.79. The van der Waals surface area contributed by atoms with E-state index in [2.05, 4.69) is 16.2 Å². The number of hydrazine groups is 1. The lowest BCUT2D eigenvalue weighted by Crippen LogP contribution is -2.46. The van der Waals surface area contributed by atoms with Crippen LogP contribution in [0.15, 0.2) is 48.5 Å². The summed E-state index contributed by atoms with van der Waals surface area (Å²) in [5.74, 6) is -0.623. The normalized spacial score (nSPS) is 9.91. The summed E-state index contributed by atoms with van der Waals surface area (Å²) in [6.45, 7) is 0.420. The standard InChI is InChI=1S/C15H13ClFN3OS/c16-12-5-3-11(4-6-12)14(21)19-20-15(22)18-9-10-1-7-13(17)8-2-10/h1-8H,9H2,(H,19,21)(H2,18,20,22). The SMILES string of the molecule is O=C(NNC(=S)NCc1ccc(F)cc1)c1ccc(Cl)cc1. The van der Waals surface area contributed by atoms with Gasteiger partial charge in [-0.15, -0.1) is 0 Å². The molecule has 0 spiro atoms. The van der Waals surface area contributed by atoms with Crippen LogP contribution in [-0.2, 0) is 6.54 Å². The van der Waals surface area contributed by atoms with Crippen LogP contribution >= 0.6 is 23.8 Å². The molecule has 7 heteroatoms. The molecule has 1 amide bonds. The van der Waals surface area contributed by atoms with Gasteiger partial charge in [0.05, 0.1) is 0 Å². The van der Waals surface area contributed by atoms with Crippen LogP contribution in [0.3, 0.4) is 0 Å². The molecule has 0 saturated carbocycles. The van der Waals surface area contributed by atoms with Gasteiger partial charge in [-0.2, -0.15) is 0 Å². The second-order valence-electron chi connectivity index (χ2n) is 4.40. The van der Waals surface area contributed by atoms with Crippen LogP contribution in [0.2, 0.25) is 5.02 Å². The minimum Gasteiger partial charge on any atom is -0.357 e. The van der Waals surface area contributed by atoms with E-state index in [1.54, 1.807) is 36.4 Å². The number of hydrogen-bond acceptors (Lipinski definition) is 2. The van der Waals surface area contributed by atoms with Gasteiger partial charge >= 0.3 is 0 Å². The highest BCUT2D eigenvalue weighted by Crippen LogP contribution is 2.09. The summed E-state index contributed by atoms with van der Waals surface area (Å²) in [6, 6.07) is 12.5. The minimum atomic E-state index is -0.331. The van der Waals surface area contributed by atoms with Gasteiger partial charge < -0.3 is 5.32 Å². The lowest BCUT2D eigenvalue weighted by atomic mass is 10.2. The third-order valence-electron chi connectivity index (χ3n) is 2.76. The van der Waals surface area contributed by atoms with E-state index in [0.717, 1.165) is 5.56 Å². The molecule has 114 valence electrons. The Morgan fingerprint density at radius 3 is 2.32 bits per heavy atom. The zero-order valence-corrected chi connectivity index (χ0v) is 13.0. The Morgan fingerprint density at radius 2 is 1.68 bits per heavy atom. The van der Waals surface area contributed by atoms with Gasteiger partial charge in [-0.3, -0.25) is 15.6 Å². The van der Waals surface area contributed by atoms with Crippen LogP contribution in [-0.4, -0.2) is 11.0 Å². The number of carbonyl (C=O) groups is 1. The second kappa shape index (κ2) is 7.72. The molecule has 0 aliphatic rings. The van der Waals surface area contributed by atoms with E-state index in [1.807, 2.05) is 0 Å². The lowest BCUT2D eigenvalue weighted by molar-refractivity contribution is 0.0943. The lowest BCUT2D eigenvalue weighted by Gasteiger charge is -2.11. The van der Waals surface area contributed by atoms with E-state index >= 15 is 0 Å². The van der Waals surface area contributed by atoms with Crippen molar-refractivity contribution in [1.82, 2.24) is 16.2 Å². The summed E-state index contributed by atoms with van der Waals surface area (Å²) >= 11 is 10.8. The molecule has 2 rings (SSSR count). The number of nitrogens with one attached hydrogen (secondary N) is 3. The number of hydrogen-bond donors (Lipinski definition) is 3. The Bertz CT molecular complexity index is 661. The molecule has 0 saturated heterocycles. The number of halogens is 2. The first-order chi connectivity index (χ1) is 10.5. The first-order valence-corrected chi connectivity index (χ1v) is 7.17. The zero-order chi connectivity index (χ0) is 15.9. The molecule has 0 aliphatic carbocycles. The van der Waals surface area contributed by atoms with Crippen molar-refractivity contribution in [3.63, 3.8) is 0 Å². The van der Waals surface area contributed by atoms with Crippen LogP contribution in [0.25, 0.3) is 0 Å². The average Bonchev–Trinajstić information content (AvgIpc) is 2.52. The van der Waals surface area contributed by atoms with Gasteiger partial charge in [-0.25, -0.2) is 4.39 Å². The van der Waals surface area contributed by atoms with Crippen LogP contribution in [0.1, 0.15) is 15.9 Å². The molecule has 0 radical (unpaired) electrons. The monoisotopic (exact) mass is 337 g/mol. The number of benzene rings is 2. The fourth-order valence-electron chi connectivity index (χ4n) is 1.62. The highest BCUT2D eigenvalue weighted by atomic mass is 35.5. The number of thiocarbonyl (C=S) groups is 1. The Hall–Kier alpha value is -2.18. The quantitative estimate of drug-likeness (QED) is 0.595. The third kappa shape index (κ3) is 4.98. The summed E-state index contributed by atoms with van der Waals surface area (Å²) in [6.07, 6.45) is 0. The van der Waals surface area contributed by atoms with E-state index in [4.69, 9.17) is 23.8 Å². The van der Waals surface area contributed by atoms with Crippen molar-refractivity contribution in [1.29, 1.82) is 0 Å². The van der Waals surface area contributed by atoms with E-state index in [-0.39, 0.29) is 16.8 Å². The van der Waals surface area contributed by atoms with E-state index < -0.39 is 0 Å². The number of carbonyl (C=O) groups excluding carboxylic acids is 1. The van der Waals surface area contributed by atoms with Gasteiger partial charge in [0.25, 0.3) is 5.91 Å². The molecule has 0 unspecified atom stereocenters. The van der Waals surface area contributed by atoms with Crippen molar-refractivity contribution in [2.24, 2.45) is 0 Å². The van der Waals surface area contributed by atoms with Crippen molar-refractivity contribution >= 4 is 34.8 Å². The second-order valence-corrected chi connectivity index (χ2v) is 5.24. The van der Waals surface area contributed by atoms with Crippen molar-refractivity contribution in [2.75, 3.05) is 0 Å². The molecule has 0 heterocycles. The molecule has 3 N–H and O–H groups in total. The number of rotatable bonds is 3. The molecular weight excluding hydrogens is 325 g/mol. The summed E-state index contributed by atoms with van der Waals surface area (Å²) in [4.78, 5) is 11.8. The Kier molecular flexibility index (Phi) is 5.68. The maximum Gasteiger partial charge on any atom is 0.269 e. The van der Waals surface area contributed by atoms with Crippen LogP contribution in [0.5, 0.6) is 0 Å². The van der Waals surface area contributed by atoms with Gasteiger partial charge in [0.2, 0.25) is 0 Å². The molecule has 0 fully saturated rings. The fraction of sp³-hybridized carbons (Fsp3) is 0.0667. The molecule has 0 bridgehead atoms. The molecule has 2 aromatic rings. The maximum absolute atomic E-state index is 12.8. The van der Waals surface area contributed by atoms with Crippen molar-refractivity contribution < 1.29 is 9.18 Å². The molecule has 22 heavy (non-hydrogen) atoms. The van der Waals surface area contributed by atoms with E-state index in [1.165, 1.54) is 12.1 Å². The average molecular weight is 338 g/mol. The molecule has 2 aromatic carbocycles. The first kappa shape index (κ1) is 16.2. The number of amides is 1. The zero-order valence-electron chi connectivity index (χ0n) is 11.4.